The van der Waals surface area contributed by atoms with Gasteiger partial charge in [0.15, 0.2) is 5.84 Å². The lowest BCUT2D eigenvalue weighted by Gasteiger charge is -2.39. The quantitative estimate of drug-likeness (QED) is 0.532. The molecule has 4 rings (SSSR count). The minimum Gasteiger partial charge on any atom is -0.358 e. The highest BCUT2D eigenvalue weighted by Crippen LogP contribution is 2.40. The number of aliphatic imine (C=N–C) groups is 1. The molecule has 3 aromatic carbocycles. The van der Waals surface area contributed by atoms with Crippen LogP contribution in [0.1, 0.15) is 23.6 Å². The second-order valence-electron chi connectivity index (χ2n) is 7.68. The number of nitrogens with zero attached hydrogens (tertiary/aromatic N) is 3. The van der Waals surface area contributed by atoms with Crippen LogP contribution in [0.25, 0.3) is 0 Å². The van der Waals surface area contributed by atoms with Gasteiger partial charge in [-0.05, 0) is 18.6 Å². The summed E-state index contributed by atoms with van der Waals surface area (Å²) in [4.78, 5) is 6.22. The lowest BCUT2D eigenvalue weighted by Crippen LogP contribution is -2.47. The van der Waals surface area contributed by atoms with Crippen molar-refractivity contribution >= 4 is 27.3 Å². The average Bonchev–Trinajstić information content (AvgIpc) is 2.89. The molecule has 0 fully saturated rings. The Bertz CT molecular complexity index is 1340. The predicted molar refractivity (Wildman–Crippen MR) is 123 cm³/mol. The van der Waals surface area contributed by atoms with Crippen LogP contribution in [-0.2, 0) is 15.6 Å². The van der Waals surface area contributed by atoms with Gasteiger partial charge in [-0.2, -0.15) is 21.6 Å². The largest absolute Gasteiger partial charge is 0.518 e. The molecule has 0 saturated heterocycles. The van der Waals surface area contributed by atoms with Gasteiger partial charge in [-0.25, -0.2) is 4.99 Å². The van der Waals surface area contributed by atoms with Crippen LogP contribution in [0.3, 0.4) is 0 Å². The molecule has 1 heterocycles. The summed E-state index contributed by atoms with van der Waals surface area (Å²) in [6.07, 6.45) is 0. The number of anilines is 1. The number of para-hydroxylation sites is 1. The van der Waals surface area contributed by atoms with E-state index < -0.39 is 26.9 Å². The van der Waals surface area contributed by atoms with Gasteiger partial charge < -0.3 is 4.90 Å². The molecule has 170 valence electrons. The second kappa shape index (κ2) is 8.15. The highest BCUT2D eigenvalue weighted by Gasteiger charge is 2.49. The number of alkyl halides is 3. The standard InChI is InChI=1S/C24H20F3N3O2S/c1-23(18-13-7-4-8-14-18)22(29-33(31,32)24(25,26)27)28-21(17-11-5-3-6-12-17)19-15-9-10-16-20(19)30(23)2/h3-16H,1-2H3/b29-22-. The van der Waals surface area contributed by atoms with Crippen LogP contribution in [0.15, 0.2) is 94.3 Å². The number of fused-ring (bicyclic) bond motifs is 1. The van der Waals surface area contributed by atoms with Crippen molar-refractivity contribution in [3.8, 4) is 0 Å². The van der Waals surface area contributed by atoms with E-state index in [0.29, 0.717) is 28.1 Å². The molecule has 9 heteroatoms. The smallest absolute Gasteiger partial charge is 0.358 e. The maximum Gasteiger partial charge on any atom is 0.518 e. The van der Waals surface area contributed by atoms with Crippen LogP contribution in [0.4, 0.5) is 18.9 Å². The summed E-state index contributed by atoms with van der Waals surface area (Å²) in [6.45, 7) is 1.61. The van der Waals surface area contributed by atoms with Crippen molar-refractivity contribution in [1.29, 1.82) is 0 Å². The molecule has 0 spiro atoms. The molecule has 0 saturated carbocycles. The fourth-order valence-corrected chi connectivity index (χ4v) is 4.36. The molecule has 1 aliphatic heterocycles. The van der Waals surface area contributed by atoms with E-state index in [9.17, 15) is 21.6 Å². The summed E-state index contributed by atoms with van der Waals surface area (Å²) in [5, 5.41) is 0. The highest BCUT2D eigenvalue weighted by molar-refractivity contribution is 7.91. The summed E-state index contributed by atoms with van der Waals surface area (Å²) in [6, 6.07) is 24.7. The van der Waals surface area contributed by atoms with E-state index in [2.05, 4.69) is 9.39 Å². The van der Waals surface area contributed by atoms with Gasteiger partial charge in [-0.3, -0.25) is 0 Å². The van der Waals surface area contributed by atoms with Crippen molar-refractivity contribution in [1.82, 2.24) is 0 Å². The van der Waals surface area contributed by atoms with Gasteiger partial charge in [-0.1, -0.05) is 78.9 Å². The number of benzene rings is 3. The molecule has 5 nitrogen and oxygen atoms in total. The number of sulfonamides is 1. The number of benzodiazepines with no additional fused rings is 1. The Hall–Kier alpha value is -3.46. The Balaban J connectivity index is 2.12. The van der Waals surface area contributed by atoms with Crippen molar-refractivity contribution in [3.05, 3.63) is 102 Å². The number of hydrogen-bond acceptors (Lipinski definition) is 3. The second-order valence-corrected chi connectivity index (χ2v) is 9.27. The molecule has 0 bridgehead atoms. The van der Waals surface area contributed by atoms with Gasteiger partial charge in [0.25, 0.3) is 0 Å². The van der Waals surface area contributed by atoms with Crippen LogP contribution >= 0.6 is 0 Å². The van der Waals surface area contributed by atoms with Crippen molar-refractivity contribution in [2.45, 2.75) is 18.0 Å². The van der Waals surface area contributed by atoms with Crippen molar-refractivity contribution in [2.24, 2.45) is 9.39 Å². The van der Waals surface area contributed by atoms with Crippen molar-refractivity contribution in [2.75, 3.05) is 11.9 Å². The predicted octanol–water partition coefficient (Wildman–Crippen LogP) is 5.14. The fourth-order valence-electron chi connectivity index (χ4n) is 3.81. The molecule has 0 aromatic heterocycles. The number of hydrogen-bond donors (Lipinski definition) is 0. The molecule has 1 aliphatic rings. The number of rotatable bonds is 3. The molecule has 1 atom stereocenters. The Morgan fingerprint density at radius 1 is 0.879 bits per heavy atom. The van der Waals surface area contributed by atoms with Crippen LogP contribution in [-0.4, -0.2) is 32.5 Å². The third kappa shape index (κ3) is 3.93. The highest BCUT2D eigenvalue weighted by atomic mass is 32.2. The summed E-state index contributed by atoms with van der Waals surface area (Å²) in [5.74, 6) is -0.483. The first-order chi connectivity index (χ1) is 15.6. The molecule has 0 amide bonds. The first-order valence-corrected chi connectivity index (χ1v) is 11.4. The minimum absolute atomic E-state index is 0.328. The van der Waals surface area contributed by atoms with E-state index in [4.69, 9.17) is 0 Å². The average molecular weight is 472 g/mol. The lowest BCUT2D eigenvalue weighted by atomic mass is 9.88. The lowest BCUT2D eigenvalue weighted by molar-refractivity contribution is -0.0435. The van der Waals surface area contributed by atoms with Crippen LogP contribution < -0.4 is 4.90 Å². The zero-order valence-electron chi connectivity index (χ0n) is 17.8. The van der Waals surface area contributed by atoms with Gasteiger partial charge in [0.05, 0.1) is 5.71 Å². The van der Waals surface area contributed by atoms with Gasteiger partial charge in [-0.15, -0.1) is 4.40 Å². The third-order valence-electron chi connectivity index (χ3n) is 5.73. The van der Waals surface area contributed by atoms with Crippen molar-refractivity contribution < 1.29 is 21.6 Å². The van der Waals surface area contributed by atoms with E-state index >= 15 is 0 Å². The fraction of sp³-hybridized carbons (Fsp3) is 0.167. The van der Waals surface area contributed by atoms with Gasteiger partial charge in [0.2, 0.25) is 0 Å². The molecule has 33 heavy (non-hydrogen) atoms. The van der Waals surface area contributed by atoms with E-state index in [1.54, 1.807) is 97.7 Å². The van der Waals surface area contributed by atoms with E-state index in [1.165, 1.54) is 0 Å². The maximum absolute atomic E-state index is 13.4. The van der Waals surface area contributed by atoms with E-state index in [0.717, 1.165) is 0 Å². The number of amidine groups is 1. The molecule has 0 N–H and O–H groups in total. The van der Waals surface area contributed by atoms with E-state index in [-0.39, 0.29) is 0 Å². The minimum atomic E-state index is -5.85. The summed E-state index contributed by atoms with van der Waals surface area (Å²) < 4.78 is 67.7. The summed E-state index contributed by atoms with van der Waals surface area (Å²) >= 11 is 0. The SMILES string of the molecule is CN1c2ccccc2C(c2ccccc2)=N/C(=N\S(=O)(=O)C(F)(F)F)C1(C)c1ccccc1. The van der Waals surface area contributed by atoms with Crippen LogP contribution in [0.2, 0.25) is 0 Å². The Morgan fingerprint density at radius 2 is 1.42 bits per heavy atom. The Labute approximate surface area is 190 Å². The zero-order valence-corrected chi connectivity index (χ0v) is 18.6. The van der Waals surface area contributed by atoms with Gasteiger partial charge in [0.1, 0.15) is 5.54 Å². The maximum atomic E-state index is 13.4. The summed E-state index contributed by atoms with van der Waals surface area (Å²) in [7, 11) is -4.17. The Morgan fingerprint density at radius 3 is 2.03 bits per heavy atom. The first kappa shape index (κ1) is 22.7. The first-order valence-electron chi connectivity index (χ1n) is 10.0. The van der Waals surface area contributed by atoms with Crippen molar-refractivity contribution in [3.63, 3.8) is 0 Å². The summed E-state index contributed by atoms with van der Waals surface area (Å²) in [5.41, 5.74) is -4.19. The van der Waals surface area contributed by atoms with Gasteiger partial charge >= 0.3 is 15.5 Å². The monoisotopic (exact) mass is 471 g/mol. The van der Waals surface area contributed by atoms with Gasteiger partial charge in [0, 0.05) is 23.9 Å². The molecule has 3 aromatic rings. The topological polar surface area (TPSA) is 62.1 Å². The Kier molecular flexibility index (Phi) is 5.61. The molecular weight excluding hydrogens is 451 g/mol. The zero-order chi connectivity index (χ0) is 23.9. The third-order valence-corrected chi connectivity index (χ3v) is 6.73. The number of halogens is 3. The van der Waals surface area contributed by atoms with Crippen LogP contribution in [0, 0.1) is 0 Å². The van der Waals surface area contributed by atoms with Crippen LogP contribution in [0.5, 0.6) is 0 Å². The number of likely N-dealkylation sites (N-methyl/N-ethyl adjacent to an activating group) is 1. The molecule has 0 aliphatic carbocycles. The normalized spacial score (nSPS) is 20.2. The molecule has 0 radical (unpaired) electrons. The molecule has 1 unspecified atom stereocenters. The van der Waals surface area contributed by atoms with E-state index in [1.807, 2.05) is 6.07 Å². The molecular formula is C24H20F3N3O2S.